The lowest BCUT2D eigenvalue weighted by molar-refractivity contribution is 0.440. The summed E-state index contributed by atoms with van der Waals surface area (Å²) < 4.78 is 0. The molecule has 0 aliphatic rings. The zero-order chi connectivity index (χ0) is 19.5. The molecule has 0 unspecified atom stereocenters. The van der Waals surface area contributed by atoms with Crippen molar-refractivity contribution in [2.24, 2.45) is 0 Å². The number of hydrogen-bond acceptors (Lipinski definition) is 2. The fraction of sp³-hybridized carbons (Fsp3) is 0.417. The summed E-state index contributed by atoms with van der Waals surface area (Å²) in [5.41, 5.74) is 5.43. The Labute approximate surface area is 159 Å². The van der Waals surface area contributed by atoms with E-state index in [0.717, 1.165) is 37.7 Å². The zero-order valence-electron chi connectivity index (χ0n) is 16.8. The molecule has 1 aromatic carbocycles. The van der Waals surface area contributed by atoms with Crippen molar-refractivity contribution in [1.82, 2.24) is 0 Å². The number of allylic oxidation sites excluding steroid dienone is 7. The van der Waals surface area contributed by atoms with Crippen LogP contribution in [0.2, 0.25) is 0 Å². The monoisotopic (exact) mass is 354 g/mol. The fourth-order valence-corrected chi connectivity index (χ4v) is 2.72. The van der Waals surface area contributed by atoms with Crippen molar-refractivity contribution in [2.75, 3.05) is 0 Å². The summed E-state index contributed by atoms with van der Waals surface area (Å²) in [5.74, 6) is 0.340. The first-order valence-corrected chi connectivity index (χ1v) is 9.42. The SMILES string of the molecule is C=CCC/C(C)=C/Cc1c(O)cc(C/C=C(\C)CCC=C(C)C)cc1O. The van der Waals surface area contributed by atoms with Crippen LogP contribution in [0.1, 0.15) is 64.5 Å². The van der Waals surface area contributed by atoms with Gasteiger partial charge in [-0.15, -0.1) is 6.58 Å². The number of aromatic hydroxyl groups is 2. The lowest BCUT2D eigenvalue weighted by atomic mass is 10.0. The van der Waals surface area contributed by atoms with Crippen LogP contribution in [0.5, 0.6) is 11.5 Å². The molecule has 0 aliphatic carbocycles. The Bertz CT molecular complexity index is 663. The molecule has 0 fully saturated rings. The summed E-state index contributed by atoms with van der Waals surface area (Å²) in [6.45, 7) is 12.1. The van der Waals surface area contributed by atoms with Crippen LogP contribution in [-0.2, 0) is 12.8 Å². The van der Waals surface area contributed by atoms with Gasteiger partial charge in [0, 0.05) is 5.56 Å². The Kier molecular flexibility index (Phi) is 9.57. The molecule has 142 valence electrons. The molecular weight excluding hydrogens is 320 g/mol. The normalized spacial score (nSPS) is 12.2. The molecule has 1 rings (SSSR count). The van der Waals surface area contributed by atoms with Gasteiger partial charge in [-0.05, 0) is 83.9 Å². The minimum Gasteiger partial charge on any atom is -0.508 e. The van der Waals surface area contributed by atoms with Crippen molar-refractivity contribution in [3.63, 3.8) is 0 Å². The average Bonchev–Trinajstić information content (AvgIpc) is 2.57. The highest BCUT2D eigenvalue weighted by atomic mass is 16.3. The maximum atomic E-state index is 10.3. The second kappa shape index (κ2) is 11.4. The van der Waals surface area contributed by atoms with Gasteiger partial charge in [-0.1, -0.05) is 41.0 Å². The summed E-state index contributed by atoms with van der Waals surface area (Å²) in [7, 11) is 0. The highest BCUT2D eigenvalue weighted by Crippen LogP contribution is 2.30. The van der Waals surface area contributed by atoms with Crippen LogP contribution < -0.4 is 0 Å². The first-order chi connectivity index (χ1) is 12.3. The number of hydrogen-bond donors (Lipinski definition) is 2. The maximum absolute atomic E-state index is 10.3. The quantitative estimate of drug-likeness (QED) is 0.454. The summed E-state index contributed by atoms with van der Waals surface area (Å²) >= 11 is 0. The third kappa shape index (κ3) is 8.24. The highest BCUT2D eigenvalue weighted by molar-refractivity contribution is 5.48. The molecule has 0 atom stereocenters. The molecule has 1 aromatic rings. The summed E-state index contributed by atoms with van der Waals surface area (Å²) in [6, 6.07) is 3.53. The largest absolute Gasteiger partial charge is 0.508 e. The summed E-state index contributed by atoms with van der Waals surface area (Å²) in [6.07, 6.45) is 13.6. The Hall–Kier alpha value is -2.22. The van der Waals surface area contributed by atoms with E-state index in [1.165, 1.54) is 16.7 Å². The lowest BCUT2D eigenvalue weighted by Gasteiger charge is -2.09. The van der Waals surface area contributed by atoms with Gasteiger partial charge in [0.2, 0.25) is 0 Å². The molecule has 0 saturated carbocycles. The first kappa shape index (κ1) is 21.8. The van der Waals surface area contributed by atoms with Crippen LogP contribution in [0.3, 0.4) is 0 Å². The van der Waals surface area contributed by atoms with E-state index < -0.39 is 0 Å². The highest BCUT2D eigenvalue weighted by Gasteiger charge is 2.08. The van der Waals surface area contributed by atoms with Gasteiger partial charge in [-0.25, -0.2) is 0 Å². The third-order valence-corrected chi connectivity index (χ3v) is 4.44. The van der Waals surface area contributed by atoms with E-state index >= 15 is 0 Å². The van der Waals surface area contributed by atoms with Gasteiger partial charge in [0.1, 0.15) is 11.5 Å². The van der Waals surface area contributed by atoms with Crippen LogP contribution in [0.15, 0.2) is 59.7 Å². The van der Waals surface area contributed by atoms with Gasteiger partial charge < -0.3 is 10.2 Å². The van der Waals surface area contributed by atoms with Crippen molar-refractivity contribution in [3.8, 4) is 11.5 Å². The molecule has 0 saturated heterocycles. The van der Waals surface area contributed by atoms with Gasteiger partial charge in [0.15, 0.2) is 0 Å². The Morgan fingerprint density at radius 2 is 1.38 bits per heavy atom. The molecule has 0 amide bonds. The van der Waals surface area contributed by atoms with Crippen molar-refractivity contribution in [2.45, 2.75) is 66.2 Å². The predicted octanol–water partition coefficient (Wildman–Crippen LogP) is 6.79. The minimum absolute atomic E-state index is 0.170. The van der Waals surface area contributed by atoms with Gasteiger partial charge in [0.05, 0.1) is 0 Å². The summed E-state index contributed by atoms with van der Waals surface area (Å²) in [5, 5.41) is 20.6. The van der Waals surface area contributed by atoms with Crippen LogP contribution in [0.25, 0.3) is 0 Å². The van der Waals surface area contributed by atoms with Crippen molar-refractivity contribution in [1.29, 1.82) is 0 Å². The fourth-order valence-electron chi connectivity index (χ4n) is 2.72. The Balaban J connectivity index is 2.74. The van der Waals surface area contributed by atoms with E-state index in [2.05, 4.69) is 52.5 Å². The maximum Gasteiger partial charge on any atom is 0.123 e. The third-order valence-electron chi connectivity index (χ3n) is 4.44. The van der Waals surface area contributed by atoms with E-state index in [4.69, 9.17) is 0 Å². The minimum atomic E-state index is 0.170. The van der Waals surface area contributed by atoms with Crippen molar-refractivity contribution in [3.05, 3.63) is 70.9 Å². The molecule has 2 heteroatoms. The zero-order valence-corrected chi connectivity index (χ0v) is 16.8. The molecule has 26 heavy (non-hydrogen) atoms. The topological polar surface area (TPSA) is 40.5 Å². The Morgan fingerprint density at radius 3 is 1.92 bits per heavy atom. The lowest BCUT2D eigenvalue weighted by Crippen LogP contribution is -1.90. The summed E-state index contributed by atoms with van der Waals surface area (Å²) in [4.78, 5) is 0. The van der Waals surface area contributed by atoms with Crippen LogP contribution in [0.4, 0.5) is 0 Å². The molecule has 0 radical (unpaired) electrons. The molecule has 0 aliphatic heterocycles. The van der Waals surface area contributed by atoms with E-state index in [1.54, 1.807) is 12.1 Å². The Morgan fingerprint density at radius 1 is 0.846 bits per heavy atom. The van der Waals surface area contributed by atoms with Gasteiger partial charge in [0.25, 0.3) is 0 Å². The molecule has 0 aromatic heterocycles. The van der Waals surface area contributed by atoms with Crippen LogP contribution in [-0.4, -0.2) is 10.2 Å². The molecular formula is C24H34O2. The molecule has 2 nitrogen and oxygen atoms in total. The van der Waals surface area contributed by atoms with E-state index in [9.17, 15) is 10.2 Å². The molecule has 0 spiro atoms. The van der Waals surface area contributed by atoms with Crippen LogP contribution >= 0.6 is 0 Å². The second-order valence-corrected chi connectivity index (χ2v) is 7.27. The molecule has 0 heterocycles. The van der Waals surface area contributed by atoms with Gasteiger partial charge in [-0.2, -0.15) is 0 Å². The van der Waals surface area contributed by atoms with Gasteiger partial charge in [-0.3, -0.25) is 0 Å². The number of rotatable bonds is 10. The van der Waals surface area contributed by atoms with Crippen LogP contribution in [0, 0.1) is 0 Å². The molecule has 0 bridgehead atoms. The smallest absolute Gasteiger partial charge is 0.123 e. The van der Waals surface area contributed by atoms with E-state index in [-0.39, 0.29) is 11.5 Å². The van der Waals surface area contributed by atoms with E-state index in [1.807, 2.05) is 6.08 Å². The van der Waals surface area contributed by atoms with Gasteiger partial charge >= 0.3 is 0 Å². The average molecular weight is 355 g/mol. The first-order valence-electron chi connectivity index (χ1n) is 9.42. The van der Waals surface area contributed by atoms with E-state index in [0.29, 0.717) is 12.0 Å². The standard InChI is InChI=1S/C24H34O2/c1-6-7-10-19(4)13-15-22-23(25)16-21(17-24(22)26)14-12-20(5)11-8-9-18(2)3/h6,9,12-13,16-17,25-26H,1,7-8,10-11,14-15H2,2-5H3/b19-13+,20-12+. The predicted molar refractivity (Wildman–Crippen MR) is 113 cm³/mol. The number of benzene rings is 1. The number of phenolic OH excluding ortho intramolecular Hbond substituents is 2. The van der Waals surface area contributed by atoms with Crippen molar-refractivity contribution < 1.29 is 10.2 Å². The second-order valence-electron chi connectivity index (χ2n) is 7.27. The molecule has 2 N–H and O–H groups in total. The van der Waals surface area contributed by atoms with Crippen molar-refractivity contribution >= 4 is 0 Å². The number of phenols is 2.